The molecule has 0 aromatic rings. The molecule has 0 aromatic heterocycles. The number of hydrogen-bond acceptors (Lipinski definition) is 6. The molecule has 0 N–H and O–H groups in total. The van der Waals surface area contributed by atoms with E-state index in [9.17, 15) is 14.4 Å². The highest BCUT2D eigenvalue weighted by Gasteiger charge is 2.19. The highest BCUT2D eigenvalue weighted by atomic mass is 16.6. The van der Waals surface area contributed by atoms with E-state index in [1.54, 1.807) is 6.08 Å². The molecule has 0 amide bonds. The van der Waals surface area contributed by atoms with Crippen molar-refractivity contribution in [2.24, 2.45) is 0 Å². The molecule has 0 saturated carbocycles. The Hall–Kier alpha value is -4.45. The van der Waals surface area contributed by atoms with Gasteiger partial charge in [0.1, 0.15) is 13.2 Å². The molecule has 0 saturated heterocycles. The number of carbonyl (C=O) groups excluding carboxylic acids is 3. The van der Waals surface area contributed by atoms with Crippen molar-refractivity contribution in [1.82, 2.24) is 0 Å². The van der Waals surface area contributed by atoms with Crippen molar-refractivity contribution in [3.05, 3.63) is 134 Å². The first-order chi connectivity index (χ1) is 27.0. The van der Waals surface area contributed by atoms with Crippen LogP contribution >= 0.6 is 0 Å². The third kappa shape index (κ3) is 40.6. The lowest BCUT2D eigenvalue weighted by Gasteiger charge is -2.18. The predicted octanol–water partition coefficient (Wildman–Crippen LogP) is 13.2. The zero-order valence-electron chi connectivity index (χ0n) is 34.4. The first-order valence-electron chi connectivity index (χ1n) is 20.8. The van der Waals surface area contributed by atoms with Gasteiger partial charge in [0.15, 0.2) is 6.10 Å². The lowest BCUT2D eigenvalue weighted by molar-refractivity contribution is -0.166. The molecule has 0 heterocycles. The number of allylic oxidation sites excluding steroid dienone is 21. The summed E-state index contributed by atoms with van der Waals surface area (Å²) in [5, 5.41) is 0. The molecule has 0 aromatic carbocycles. The van der Waals surface area contributed by atoms with Crippen molar-refractivity contribution in [3.63, 3.8) is 0 Å². The van der Waals surface area contributed by atoms with Crippen molar-refractivity contribution in [2.45, 2.75) is 142 Å². The van der Waals surface area contributed by atoms with Gasteiger partial charge in [0, 0.05) is 12.8 Å². The van der Waals surface area contributed by atoms with Gasteiger partial charge in [-0.05, 0) is 70.6 Å². The summed E-state index contributed by atoms with van der Waals surface area (Å²) < 4.78 is 16.5. The molecule has 0 aliphatic heterocycles. The molecule has 0 rings (SSSR count). The maximum absolute atomic E-state index is 12.7. The Kier molecular flexibility index (Phi) is 38.9. The van der Waals surface area contributed by atoms with E-state index >= 15 is 0 Å². The van der Waals surface area contributed by atoms with Gasteiger partial charge in [-0.3, -0.25) is 14.4 Å². The predicted molar refractivity (Wildman–Crippen MR) is 232 cm³/mol. The molecule has 0 fully saturated rings. The smallest absolute Gasteiger partial charge is 0.309 e. The van der Waals surface area contributed by atoms with E-state index in [4.69, 9.17) is 14.2 Å². The second-order valence-electron chi connectivity index (χ2n) is 13.0. The number of carbonyl (C=O) groups is 3. The first-order valence-corrected chi connectivity index (χ1v) is 20.8. The van der Waals surface area contributed by atoms with Crippen LogP contribution in [-0.4, -0.2) is 37.2 Å². The highest BCUT2D eigenvalue weighted by Crippen LogP contribution is 2.11. The van der Waals surface area contributed by atoms with Gasteiger partial charge in [-0.2, -0.15) is 0 Å². The minimum atomic E-state index is -0.844. The van der Waals surface area contributed by atoms with Crippen molar-refractivity contribution in [2.75, 3.05) is 13.2 Å². The molecule has 304 valence electrons. The van der Waals surface area contributed by atoms with Crippen LogP contribution in [0.5, 0.6) is 0 Å². The Bertz CT molecular complexity index is 1280. The number of hydrogen-bond donors (Lipinski definition) is 0. The number of rotatable bonds is 34. The number of unbranched alkanes of at least 4 members (excludes halogenated alkanes) is 8. The summed E-state index contributed by atoms with van der Waals surface area (Å²) >= 11 is 0. The molecule has 55 heavy (non-hydrogen) atoms. The third-order valence-electron chi connectivity index (χ3n) is 7.85. The van der Waals surface area contributed by atoms with E-state index in [2.05, 4.69) is 81.5 Å². The normalized spacial score (nSPS) is 13.4. The molecule has 0 aliphatic carbocycles. The van der Waals surface area contributed by atoms with Crippen molar-refractivity contribution >= 4 is 17.9 Å². The molecule has 0 bridgehead atoms. The molecule has 0 radical (unpaired) electrons. The van der Waals surface area contributed by atoms with Gasteiger partial charge in [0.05, 0.1) is 6.42 Å². The van der Waals surface area contributed by atoms with Crippen LogP contribution in [-0.2, 0) is 28.6 Å². The van der Waals surface area contributed by atoms with Crippen LogP contribution < -0.4 is 0 Å². The van der Waals surface area contributed by atoms with E-state index in [1.165, 1.54) is 0 Å². The zero-order chi connectivity index (χ0) is 40.1. The average Bonchev–Trinajstić information content (AvgIpc) is 3.18. The number of esters is 3. The largest absolute Gasteiger partial charge is 0.462 e. The summed E-state index contributed by atoms with van der Waals surface area (Å²) in [7, 11) is 0. The molecular weight excluding hydrogens is 685 g/mol. The second kappa shape index (κ2) is 42.3. The van der Waals surface area contributed by atoms with E-state index in [0.717, 1.165) is 89.9 Å². The van der Waals surface area contributed by atoms with Crippen LogP contribution in [0.15, 0.2) is 134 Å². The Balaban J connectivity index is 4.60. The fourth-order valence-electron chi connectivity index (χ4n) is 4.81. The van der Waals surface area contributed by atoms with Gasteiger partial charge in [-0.25, -0.2) is 0 Å². The van der Waals surface area contributed by atoms with Gasteiger partial charge in [-0.15, -0.1) is 0 Å². The fourth-order valence-corrected chi connectivity index (χ4v) is 4.81. The maximum atomic E-state index is 12.7. The second-order valence-corrected chi connectivity index (χ2v) is 13.0. The standard InChI is InChI=1S/C49H72O6/c1-4-7-10-13-16-19-21-23-24-26-27-30-33-36-39-42-48(51)54-45-46(44-53-47(50)41-38-35-32-29-18-15-12-9-6-3)55-49(52)43-40-37-34-31-28-25-22-20-17-14-11-8-5-2/h7-14,16-24,26-27,29,35,38,46H,4-6,15,25,28,30-34,36-37,39-45H2,1-3H3/b10-7-,11-8-,12-9-,16-13-,17-14-,21-19-,22-20-,24-23-,27-26-,29-18-,38-35-. The van der Waals surface area contributed by atoms with Crippen LogP contribution in [0.4, 0.5) is 0 Å². The molecular formula is C49H72O6. The Morgan fingerprint density at radius 3 is 1.35 bits per heavy atom. The van der Waals surface area contributed by atoms with E-state index in [1.807, 2.05) is 66.8 Å². The van der Waals surface area contributed by atoms with E-state index in [0.29, 0.717) is 6.42 Å². The van der Waals surface area contributed by atoms with Crippen LogP contribution in [0.25, 0.3) is 0 Å². The molecule has 1 unspecified atom stereocenters. The summed E-state index contributed by atoms with van der Waals surface area (Å²) in [6.07, 6.45) is 59.0. The summed E-state index contributed by atoms with van der Waals surface area (Å²) in [6.45, 7) is 6.03. The quantitative estimate of drug-likeness (QED) is 0.0214. The van der Waals surface area contributed by atoms with Gasteiger partial charge < -0.3 is 14.2 Å². The Morgan fingerprint density at radius 2 is 0.800 bits per heavy atom. The molecule has 0 spiro atoms. The monoisotopic (exact) mass is 757 g/mol. The Labute approximate surface area is 334 Å². The minimum absolute atomic E-state index is 0.115. The van der Waals surface area contributed by atoms with Crippen molar-refractivity contribution in [1.29, 1.82) is 0 Å². The van der Waals surface area contributed by atoms with Gasteiger partial charge in [-0.1, -0.05) is 180 Å². The lowest BCUT2D eigenvalue weighted by Crippen LogP contribution is -2.30. The maximum Gasteiger partial charge on any atom is 0.309 e. The van der Waals surface area contributed by atoms with Gasteiger partial charge in [0.25, 0.3) is 0 Å². The zero-order valence-corrected chi connectivity index (χ0v) is 34.4. The fraction of sp³-hybridized carbons (Fsp3) is 0.490. The van der Waals surface area contributed by atoms with Crippen molar-refractivity contribution < 1.29 is 28.6 Å². The average molecular weight is 757 g/mol. The summed E-state index contributed by atoms with van der Waals surface area (Å²) in [5.74, 6) is -1.15. The van der Waals surface area contributed by atoms with Crippen LogP contribution in [0.2, 0.25) is 0 Å². The van der Waals surface area contributed by atoms with E-state index < -0.39 is 12.1 Å². The highest BCUT2D eigenvalue weighted by molar-refractivity contribution is 5.72. The Morgan fingerprint density at radius 1 is 0.400 bits per heavy atom. The lowest BCUT2D eigenvalue weighted by atomic mass is 10.1. The molecule has 0 aliphatic rings. The van der Waals surface area contributed by atoms with Gasteiger partial charge in [0.2, 0.25) is 0 Å². The molecule has 6 nitrogen and oxygen atoms in total. The molecule has 6 heteroatoms. The summed E-state index contributed by atoms with van der Waals surface area (Å²) in [5.41, 5.74) is 0. The van der Waals surface area contributed by atoms with E-state index in [-0.39, 0.29) is 44.4 Å². The van der Waals surface area contributed by atoms with Crippen molar-refractivity contribution in [3.8, 4) is 0 Å². The van der Waals surface area contributed by atoms with Gasteiger partial charge >= 0.3 is 17.9 Å². The van der Waals surface area contributed by atoms with Crippen LogP contribution in [0, 0.1) is 0 Å². The number of ether oxygens (including phenoxy) is 3. The first kappa shape index (κ1) is 50.5. The van der Waals surface area contributed by atoms with Crippen LogP contribution in [0.3, 0.4) is 0 Å². The summed E-state index contributed by atoms with van der Waals surface area (Å²) in [6, 6.07) is 0. The summed E-state index contributed by atoms with van der Waals surface area (Å²) in [4.78, 5) is 37.5. The third-order valence-corrected chi connectivity index (χ3v) is 7.85. The van der Waals surface area contributed by atoms with Crippen LogP contribution in [0.1, 0.15) is 136 Å². The topological polar surface area (TPSA) is 78.9 Å². The SMILES string of the molecule is CC\C=C/C=C\C=C/C=C\C=C/CCCCCC(=O)OCC(COC(=O)C/C=C\C/C=C\C/C=C\CC)OC(=O)CCCCCCC\C=C/C=C\C=C/CC. The molecule has 1 atom stereocenters. The minimum Gasteiger partial charge on any atom is -0.462 e.